The third kappa shape index (κ3) is 3.14. The van der Waals surface area contributed by atoms with E-state index in [0.717, 1.165) is 31.8 Å². The van der Waals surface area contributed by atoms with E-state index in [0.29, 0.717) is 5.88 Å². The van der Waals surface area contributed by atoms with Crippen LogP contribution in [-0.4, -0.2) is 36.5 Å². The van der Waals surface area contributed by atoms with Crippen LogP contribution in [0.25, 0.3) is 0 Å². The summed E-state index contributed by atoms with van der Waals surface area (Å²) in [6.07, 6.45) is 1.31. The summed E-state index contributed by atoms with van der Waals surface area (Å²) in [5.74, 6) is 1.75. The van der Waals surface area contributed by atoms with Gasteiger partial charge in [-0.05, 0) is 25.1 Å². The van der Waals surface area contributed by atoms with Crippen LogP contribution in [0.2, 0.25) is 0 Å². The summed E-state index contributed by atoms with van der Waals surface area (Å²) in [6.45, 7) is 7.23. The Bertz CT molecular complexity index is 380. The van der Waals surface area contributed by atoms with E-state index in [9.17, 15) is 0 Å². The maximum absolute atomic E-state index is 5.96. The second-order valence-electron chi connectivity index (χ2n) is 4.64. The van der Waals surface area contributed by atoms with Gasteiger partial charge >= 0.3 is 0 Å². The number of likely N-dealkylation sites (N-methyl/N-ethyl adjacent to an activating group) is 1. The zero-order chi connectivity index (χ0) is 12.3. The van der Waals surface area contributed by atoms with Crippen molar-refractivity contribution in [3.63, 3.8) is 0 Å². The maximum Gasteiger partial charge on any atom is 0.123 e. The lowest BCUT2D eigenvalue weighted by Gasteiger charge is -2.22. The minimum absolute atomic E-state index is 0.287. The van der Waals surface area contributed by atoms with Gasteiger partial charge in [0.15, 0.2) is 0 Å². The number of fused-ring (bicyclic) bond motifs is 1. The summed E-state index contributed by atoms with van der Waals surface area (Å²) in [4.78, 5) is 2.34. The summed E-state index contributed by atoms with van der Waals surface area (Å²) in [5, 5.41) is 0. The van der Waals surface area contributed by atoms with Crippen LogP contribution in [0.4, 0.5) is 0 Å². The van der Waals surface area contributed by atoms with Crippen LogP contribution in [0.3, 0.4) is 0 Å². The molecule has 17 heavy (non-hydrogen) atoms. The Kier molecular flexibility index (Phi) is 4.30. The fourth-order valence-electron chi connectivity index (χ4n) is 2.34. The summed E-state index contributed by atoms with van der Waals surface area (Å²) in [5.41, 5.74) is 2.65. The van der Waals surface area contributed by atoms with Crippen LogP contribution in [0.5, 0.6) is 5.75 Å². The lowest BCUT2D eigenvalue weighted by atomic mass is 10.1. The van der Waals surface area contributed by atoms with Crippen molar-refractivity contribution in [1.29, 1.82) is 0 Å². The molecule has 1 aliphatic rings. The Morgan fingerprint density at radius 3 is 3.00 bits per heavy atom. The number of ether oxygens (including phenoxy) is 1. The highest BCUT2D eigenvalue weighted by molar-refractivity contribution is 6.18. The van der Waals surface area contributed by atoms with Crippen LogP contribution in [-0.2, 0) is 6.42 Å². The minimum Gasteiger partial charge on any atom is -0.488 e. The van der Waals surface area contributed by atoms with Crippen molar-refractivity contribution in [2.75, 3.05) is 25.5 Å². The first-order valence-electron chi connectivity index (χ1n) is 6.27. The molecule has 0 bridgehead atoms. The van der Waals surface area contributed by atoms with Gasteiger partial charge in [-0.25, -0.2) is 0 Å². The van der Waals surface area contributed by atoms with Crippen LogP contribution < -0.4 is 4.74 Å². The Morgan fingerprint density at radius 2 is 2.29 bits per heavy atom. The monoisotopic (exact) mass is 253 g/mol. The molecule has 3 heteroatoms. The zero-order valence-corrected chi connectivity index (χ0v) is 11.3. The van der Waals surface area contributed by atoms with Gasteiger partial charge in [-0.2, -0.15) is 0 Å². The van der Waals surface area contributed by atoms with Crippen LogP contribution >= 0.6 is 11.6 Å². The molecular weight excluding hydrogens is 234 g/mol. The SMILES string of the molecule is CCN(CCCl)CC1Cc2cc(C)ccc2O1. The maximum atomic E-state index is 5.96. The molecule has 2 rings (SSSR count). The molecule has 1 heterocycles. The molecule has 94 valence electrons. The van der Waals surface area contributed by atoms with Gasteiger partial charge in [-0.1, -0.05) is 24.6 Å². The number of rotatable bonds is 5. The fourth-order valence-corrected chi connectivity index (χ4v) is 2.58. The molecule has 1 aliphatic heterocycles. The largest absolute Gasteiger partial charge is 0.488 e. The Hall–Kier alpha value is -0.730. The predicted molar refractivity (Wildman–Crippen MR) is 72.1 cm³/mol. The topological polar surface area (TPSA) is 12.5 Å². The van der Waals surface area contributed by atoms with Crippen molar-refractivity contribution in [3.8, 4) is 5.75 Å². The molecule has 0 amide bonds. The number of hydrogen-bond donors (Lipinski definition) is 0. The van der Waals surface area contributed by atoms with Crippen molar-refractivity contribution in [3.05, 3.63) is 29.3 Å². The summed E-state index contributed by atoms with van der Waals surface area (Å²) in [7, 11) is 0. The molecule has 0 aliphatic carbocycles. The summed E-state index contributed by atoms with van der Waals surface area (Å²) >= 11 is 5.79. The Morgan fingerprint density at radius 1 is 1.47 bits per heavy atom. The first kappa shape index (κ1) is 12.7. The highest BCUT2D eigenvalue weighted by Gasteiger charge is 2.24. The number of benzene rings is 1. The molecule has 0 saturated heterocycles. The molecule has 2 nitrogen and oxygen atoms in total. The average Bonchev–Trinajstić information content (AvgIpc) is 2.69. The predicted octanol–water partition coefficient (Wildman–Crippen LogP) is 2.86. The van der Waals surface area contributed by atoms with Gasteiger partial charge < -0.3 is 4.74 Å². The standard InChI is InChI=1S/C14H20ClNO/c1-3-16(7-6-15)10-13-9-12-8-11(2)4-5-14(12)17-13/h4-5,8,13H,3,6-7,9-10H2,1-2H3. The van der Waals surface area contributed by atoms with E-state index in [4.69, 9.17) is 16.3 Å². The minimum atomic E-state index is 0.287. The molecule has 1 atom stereocenters. The molecular formula is C14H20ClNO. The van der Waals surface area contributed by atoms with Crippen LogP contribution in [0.15, 0.2) is 18.2 Å². The number of aryl methyl sites for hydroxylation is 1. The van der Waals surface area contributed by atoms with Crippen molar-refractivity contribution in [1.82, 2.24) is 4.90 Å². The molecule has 1 aromatic rings. The second-order valence-corrected chi connectivity index (χ2v) is 5.02. The lowest BCUT2D eigenvalue weighted by Crippen LogP contribution is -2.35. The number of hydrogen-bond acceptors (Lipinski definition) is 2. The fraction of sp³-hybridized carbons (Fsp3) is 0.571. The third-order valence-electron chi connectivity index (χ3n) is 3.27. The molecule has 0 radical (unpaired) electrons. The highest BCUT2D eigenvalue weighted by atomic mass is 35.5. The smallest absolute Gasteiger partial charge is 0.123 e. The Labute approximate surface area is 109 Å². The first-order valence-corrected chi connectivity index (χ1v) is 6.81. The van der Waals surface area contributed by atoms with Crippen molar-refractivity contribution in [2.24, 2.45) is 0 Å². The van der Waals surface area contributed by atoms with Crippen LogP contribution in [0.1, 0.15) is 18.1 Å². The molecule has 0 N–H and O–H groups in total. The van der Waals surface area contributed by atoms with E-state index in [1.54, 1.807) is 0 Å². The van der Waals surface area contributed by atoms with E-state index in [1.165, 1.54) is 11.1 Å². The summed E-state index contributed by atoms with van der Waals surface area (Å²) in [6, 6.07) is 6.42. The van der Waals surface area contributed by atoms with E-state index in [-0.39, 0.29) is 6.10 Å². The molecule has 1 aromatic carbocycles. The van der Waals surface area contributed by atoms with Gasteiger partial charge in [0.2, 0.25) is 0 Å². The normalized spacial score (nSPS) is 18.2. The molecule has 1 unspecified atom stereocenters. The van der Waals surface area contributed by atoms with Gasteiger partial charge in [-0.15, -0.1) is 11.6 Å². The van der Waals surface area contributed by atoms with E-state index in [1.807, 2.05) is 0 Å². The van der Waals surface area contributed by atoms with Crippen molar-refractivity contribution in [2.45, 2.75) is 26.4 Å². The first-order chi connectivity index (χ1) is 8.22. The quantitative estimate of drug-likeness (QED) is 0.749. The molecule has 0 fully saturated rings. The van der Waals surface area contributed by atoms with Crippen LogP contribution in [0, 0.1) is 6.92 Å². The van der Waals surface area contributed by atoms with Gasteiger partial charge in [0.05, 0.1) is 0 Å². The van der Waals surface area contributed by atoms with Gasteiger partial charge in [0.25, 0.3) is 0 Å². The van der Waals surface area contributed by atoms with E-state index in [2.05, 4.69) is 36.9 Å². The molecule has 0 aromatic heterocycles. The van der Waals surface area contributed by atoms with Gasteiger partial charge in [0.1, 0.15) is 11.9 Å². The average molecular weight is 254 g/mol. The second kappa shape index (κ2) is 5.74. The molecule has 0 spiro atoms. The lowest BCUT2D eigenvalue weighted by molar-refractivity contribution is 0.159. The Balaban J connectivity index is 1.95. The third-order valence-corrected chi connectivity index (χ3v) is 3.44. The zero-order valence-electron chi connectivity index (χ0n) is 10.6. The van der Waals surface area contributed by atoms with E-state index >= 15 is 0 Å². The number of alkyl halides is 1. The number of halogens is 1. The summed E-state index contributed by atoms with van der Waals surface area (Å²) < 4.78 is 5.96. The number of nitrogens with zero attached hydrogens (tertiary/aromatic N) is 1. The van der Waals surface area contributed by atoms with Crippen molar-refractivity contribution >= 4 is 11.6 Å². The molecule has 0 saturated carbocycles. The van der Waals surface area contributed by atoms with E-state index < -0.39 is 0 Å². The van der Waals surface area contributed by atoms with Crippen molar-refractivity contribution < 1.29 is 4.74 Å². The highest BCUT2D eigenvalue weighted by Crippen LogP contribution is 2.29. The van der Waals surface area contributed by atoms with Gasteiger partial charge in [0, 0.05) is 25.4 Å². The van der Waals surface area contributed by atoms with Gasteiger partial charge in [-0.3, -0.25) is 4.90 Å².